The van der Waals surface area contributed by atoms with Crippen molar-refractivity contribution < 1.29 is 5.11 Å². The van der Waals surface area contributed by atoms with Gasteiger partial charge in [-0.1, -0.05) is 72.5 Å². The minimum absolute atomic E-state index is 0.109. The van der Waals surface area contributed by atoms with Gasteiger partial charge in [-0.15, -0.1) is 0 Å². The van der Waals surface area contributed by atoms with Crippen LogP contribution in [0.1, 0.15) is 106 Å². The number of hydrogen-bond donors (Lipinski definition) is 1. The first-order valence-corrected chi connectivity index (χ1v) is 13.1. The zero-order valence-corrected chi connectivity index (χ0v) is 20.2. The van der Waals surface area contributed by atoms with E-state index in [9.17, 15) is 5.11 Å². The molecule has 0 heterocycles. The van der Waals surface area contributed by atoms with Gasteiger partial charge in [0.2, 0.25) is 0 Å². The van der Waals surface area contributed by atoms with E-state index in [1.54, 1.807) is 5.57 Å². The molecule has 0 spiro atoms. The molecule has 1 N–H and O–H groups in total. The molecule has 1 nitrogen and oxygen atoms in total. The fourth-order valence-electron chi connectivity index (χ4n) is 9.08. The Morgan fingerprint density at radius 3 is 2.48 bits per heavy atom. The summed E-state index contributed by atoms with van der Waals surface area (Å²) >= 11 is 0. The van der Waals surface area contributed by atoms with Gasteiger partial charge in [-0.3, -0.25) is 0 Å². The number of fused-ring (bicyclic) bond motifs is 5. The van der Waals surface area contributed by atoms with Crippen LogP contribution in [0.4, 0.5) is 0 Å². The summed E-state index contributed by atoms with van der Waals surface area (Å²) in [5.74, 6) is 5.78. The Hall–Kier alpha value is -0.300. The Kier molecular flexibility index (Phi) is 6.04. The Morgan fingerprint density at radius 2 is 1.76 bits per heavy atom. The van der Waals surface area contributed by atoms with Crippen LogP contribution < -0.4 is 0 Å². The molecule has 3 fully saturated rings. The summed E-state index contributed by atoms with van der Waals surface area (Å²) in [6.45, 7) is 14.9. The third-order valence-corrected chi connectivity index (χ3v) is 10.8. The molecule has 0 aromatic rings. The van der Waals surface area contributed by atoms with E-state index in [0.29, 0.717) is 16.7 Å². The van der Waals surface area contributed by atoms with Crippen molar-refractivity contribution in [1.29, 1.82) is 0 Å². The largest absolute Gasteiger partial charge is 0.393 e. The zero-order chi connectivity index (χ0) is 21.0. The van der Waals surface area contributed by atoms with E-state index in [1.165, 1.54) is 57.8 Å². The summed E-state index contributed by atoms with van der Waals surface area (Å²) in [5.41, 5.74) is 2.57. The highest BCUT2D eigenvalue weighted by molar-refractivity contribution is 5.27. The normalized spacial score (nSPS) is 47.9. The molecule has 1 heteroatoms. The molecule has 0 radical (unpaired) electrons. The first-order valence-electron chi connectivity index (χ1n) is 13.1. The summed E-state index contributed by atoms with van der Waals surface area (Å²) in [7, 11) is 0. The molecular formula is C28H48O. The van der Waals surface area contributed by atoms with E-state index in [4.69, 9.17) is 0 Å². The van der Waals surface area contributed by atoms with Gasteiger partial charge in [-0.2, -0.15) is 0 Å². The maximum atomic E-state index is 10.5. The Morgan fingerprint density at radius 1 is 1.00 bits per heavy atom. The monoisotopic (exact) mass is 400 g/mol. The molecule has 0 aromatic carbocycles. The van der Waals surface area contributed by atoms with Crippen LogP contribution in [0, 0.1) is 52.3 Å². The van der Waals surface area contributed by atoms with Crippen LogP contribution in [-0.4, -0.2) is 11.2 Å². The average molecular weight is 401 g/mol. The van der Waals surface area contributed by atoms with E-state index in [-0.39, 0.29) is 6.10 Å². The van der Waals surface area contributed by atoms with Crippen molar-refractivity contribution in [2.75, 3.05) is 0 Å². The van der Waals surface area contributed by atoms with Gasteiger partial charge in [-0.25, -0.2) is 0 Å². The summed E-state index contributed by atoms with van der Waals surface area (Å²) in [5, 5.41) is 10.5. The standard InChI is InChI=1S/C28H48O/c1-18(2)8-7-9-19(3)22-12-13-24-21-10-11-23-20(4)26(29)15-17-28(23,6)25(21)14-16-27(22,24)5/h11,18-22,24-26,29H,7-10,12-17H2,1-6H3. The fraction of sp³-hybridized carbons (Fsp3) is 0.929. The molecule has 9 unspecified atom stereocenters. The van der Waals surface area contributed by atoms with Gasteiger partial charge < -0.3 is 5.11 Å². The van der Waals surface area contributed by atoms with E-state index in [0.717, 1.165) is 41.9 Å². The molecule has 166 valence electrons. The lowest BCUT2D eigenvalue weighted by atomic mass is 9.46. The third-order valence-electron chi connectivity index (χ3n) is 10.8. The van der Waals surface area contributed by atoms with Crippen molar-refractivity contribution in [2.24, 2.45) is 52.3 Å². The molecule has 0 aliphatic heterocycles. The molecule has 0 bridgehead atoms. The molecule has 3 saturated carbocycles. The smallest absolute Gasteiger partial charge is 0.0603 e. The zero-order valence-electron chi connectivity index (χ0n) is 20.2. The minimum Gasteiger partial charge on any atom is -0.393 e. The fourth-order valence-corrected chi connectivity index (χ4v) is 9.08. The lowest BCUT2D eigenvalue weighted by Crippen LogP contribution is -2.52. The lowest BCUT2D eigenvalue weighted by molar-refractivity contribution is -0.0644. The second-order valence-electron chi connectivity index (χ2n) is 12.6. The highest BCUT2D eigenvalue weighted by Gasteiger charge is 2.59. The lowest BCUT2D eigenvalue weighted by Gasteiger charge is -2.59. The summed E-state index contributed by atoms with van der Waals surface area (Å²) in [6.07, 6.45) is 16.1. The van der Waals surface area contributed by atoms with Crippen LogP contribution in [0.25, 0.3) is 0 Å². The number of hydrogen-bond acceptors (Lipinski definition) is 1. The van der Waals surface area contributed by atoms with Crippen LogP contribution >= 0.6 is 0 Å². The van der Waals surface area contributed by atoms with Gasteiger partial charge in [0.15, 0.2) is 0 Å². The first kappa shape index (κ1) is 21.9. The predicted molar refractivity (Wildman–Crippen MR) is 124 cm³/mol. The van der Waals surface area contributed by atoms with E-state index < -0.39 is 0 Å². The SMILES string of the molecule is CC(C)CCCC(C)C1CCC2C3CC=C4C(C)C(O)CCC4(C)C3CCC12C. The van der Waals surface area contributed by atoms with E-state index in [2.05, 4.69) is 47.6 Å². The van der Waals surface area contributed by atoms with Crippen molar-refractivity contribution in [2.45, 2.75) is 112 Å². The van der Waals surface area contributed by atoms with Crippen molar-refractivity contribution in [1.82, 2.24) is 0 Å². The predicted octanol–water partition coefficient (Wildman–Crippen LogP) is 7.63. The maximum Gasteiger partial charge on any atom is 0.0603 e. The maximum absolute atomic E-state index is 10.5. The van der Waals surface area contributed by atoms with Crippen LogP contribution in [0.2, 0.25) is 0 Å². The number of allylic oxidation sites excluding steroid dienone is 1. The highest BCUT2D eigenvalue weighted by Crippen LogP contribution is 2.67. The number of rotatable bonds is 5. The van der Waals surface area contributed by atoms with Crippen LogP contribution in [0.15, 0.2) is 11.6 Å². The average Bonchev–Trinajstić information content (AvgIpc) is 3.02. The van der Waals surface area contributed by atoms with Crippen LogP contribution in [0.5, 0.6) is 0 Å². The van der Waals surface area contributed by atoms with E-state index in [1.807, 2.05) is 0 Å². The van der Waals surface area contributed by atoms with Crippen LogP contribution in [0.3, 0.4) is 0 Å². The topological polar surface area (TPSA) is 20.2 Å². The molecule has 0 amide bonds. The molecule has 0 saturated heterocycles. The quantitative estimate of drug-likeness (QED) is 0.470. The summed E-state index contributed by atoms with van der Waals surface area (Å²) < 4.78 is 0. The van der Waals surface area contributed by atoms with E-state index >= 15 is 0 Å². The molecule has 0 aromatic heterocycles. The first-order chi connectivity index (χ1) is 13.7. The minimum atomic E-state index is -0.109. The second-order valence-corrected chi connectivity index (χ2v) is 12.6. The van der Waals surface area contributed by atoms with Crippen molar-refractivity contribution in [3.8, 4) is 0 Å². The number of aliphatic hydroxyl groups is 1. The molecule has 9 atom stereocenters. The Bertz CT molecular complexity index is 620. The van der Waals surface area contributed by atoms with Gasteiger partial charge >= 0.3 is 0 Å². The molecule has 4 rings (SSSR count). The molecule has 29 heavy (non-hydrogen) atoms. The van der Waals surface area contributed by atoms with Crippen molar-refractivity contribution in [3.63, 3.8) is 0 Å². The summed E-state index contributed by atoms with van der Waals surface area (Å²) in [4.78, 5) is 0. The number of aliphatic hydroxyl groups excluding tert-OH is 1. The van der Waals surface area contributed by atoms with Gasteiger partial charge in [-0.05, 0) is 91.3 Å². The van der Waals surface area contributed by atoms with Crippen molar-refractivity contribution >= 4 is 0 Å². The van der Waals surface area contributed by atoms with Gasteiger partial charge in [0, 0.05) is 5.92 Å². The van der Waals surface area contributed by atoms with Gasteiger partial charge in [0.25, 0.3) is 0 Å². The highest BCUT2D eigenvalue weighted by atomic mass is 16.3. The second kappa shape index (κ2) is 7.99. The van der Waals surface area contributed by atoms with Gasteiger partial charge in [0.05, 0.1) is 6.10 Å². The molecular weight excluding hydrogens is 352 g/mol. The van der Waals surface area contributed by atoms with Gasteiger partial charge in [0.1, 0.15) is 0 Å². The van der Waals surface area contributed by atoms with Crippen LogP contribution in [-0.2, 0) is 0 Å². The Balaban J connectivity index is 1.51. The van der Waals surface area contributed by atoms with Crippen molar-refractivity contribution in [3.05, 3.63) is 11.6 Å². The third kappa shape index (κ3) is 3.56. The molecule has 4 aliphatic carbocycles. The molecule has 4 aliphatic rings. The summed E-state index contributed by atoms with van der Waals surface area (Å²) in [6, 6.07) is 0. The Labute approximate surface area is 181 Å².